The maximum absolute atomic E-state index is 11.6. The second kappa shape index (κ2) is 3.87. The summed E-state index contributed by atoms with van der Waals surface area (Å²) in [5, 5.41) is 5.74. The molecule has 0 aromatic heterocycles. The van der Waals surface area contributed by atoms with Gasteiger partial charge in [-0.1, -0.05) is 12.1 Å². The summed E-state index contributed by atoms with van der Waals surface area (Å²) in [7, 11) is 0. The van der Waals surface area contributed by atoms with Crippen molar-refractivity contribution in [3.05, 3.63) is 29.3 Å². The molecule has 1 aromatic carbocycles. The molecule has 3 rings (SSSR count). The summed E-state index contributed by atoms with van der Waals surface area (Å²) in [6.07, 6.45) is 3.04. The highest BCUT2D eigenvalue weighted by Gasteiger charge is 2.23. The van der Waals surface area contributed by atoms with Gasteiger partial charge in [-0.25, -0.2) is 0 Å². The highest BCUT2D eigenvalue weighted by atomic mass is 16.2. The van der Waals surface area contributed by atoms with Crippen LogP contribution in [0.2, 0.25) is 0 Å². The van der Waals surface area contributed by atoms with E-state index in [2.05, 4.69) is 10.6 Å². The normalized spacial score (nSPS) is 17.5. The van der Waals surface area contributed by atoms with E-state index >= 15 is 0 Å². The van der Waals surface area contributed by atoms with E-state index in [1.165, 1.54) is 0 Å². The molecule has 2 amide bonds. The van der Waals surface area contributed by atoms with Gasteiger partial charge in [-0.15, -0.1) is 0 Å². The maximum atomic E-state index is 11.6. The van der Waals surface area contributed by atoms with Gasteiger partial charge < -0.3 is 10.6 Å². The molecule has 1 aromatic rings. The van der Waals surface area contributed by atoms with Crippen LogP contribution in [0.25, 0.3) is 0 Å². The van der Waals surface area contributed by atoms with E-state index in [1.54, 1.807) is 0 Å². The van der Waals surface area contributed by atoms with Gasteiger partial charge in [-0.05, 0) is 30.0 Å². The van der Waals surface area contributed by atoms with E-state index < -0.39 is 0 Å². The van der Waals surface area contributed by atoms with Crippen LogP contribution in [0.4, 0.5) is 5.69 Å². The average molecular weight is 230 g/mol. The van der Waals surface area contributed by atoms with Crippen molar-refractivity contribution in [2.75, 3.05) is 5.32 Å². The molecule has 2 N–H and O–H groups in total. The molecule has 0 spiro atoms. The zero-order valence-electron chi connectivity index (χ0n) is 9.45. The number of rotatable bonds is 3. The number of carbonyl (C=O) groups is 2. The fourth-order valence-electron chi connectivity index (χ4n) is 2.08. The molecular formula is C13H14N2O2. The number of fused-ring (bicyclic) bond motifs is 1. The molecule has 4 heteroatoms. The van der Waals surface area contributed by atoms with Gasteiger partial charge in [-0.3, -0.25) is 9.59 Å². The minimum atomic E-state index is 0.0274. The lowest BCUT2D eigenvalue weighted by Gasteiger charge is -2.05. The molecular weight excluding hydrogens is 216 g/mol. The fraction of sp³-hybridized carbons (Fsp3) is 0.385. The first kappa shape index (κ1) is 10.3. The number of carbonyl (C=O) groups excluding carboxylic acids is 2. The predicted octanol–water partition coefficient (Wildman–Crippen LogP) is 1.00. The second-order valence-corrected chi connectivity index (χ2v) is 4.74. The van der Waals surface area contributed by atoms with Gasteiger partial charge in [0.1, 0.15) is 0 Å². The van der Waals surface area contributed by atoms with E-state index in [0.717, 1.165) is 29.7 Å². The lowest BCUT2D eigenvalue weighted by Crippen LogP contribution is -2.26. The Bertz CT molecular complexity index is 492. The molecule has 0 bridgehead atoms. The minimum Gasteiger partial charge on any atom is -0.353 e. The quantitative estimate of drug-likeness (QED) is 0.814. The largest absolute Gasteiger partial charge is 0.353 e. The molecule has 17 heavy (non-hydrogen) atoms. The summed E-state index contributed by atoms with van der Waals surface area (Å²) in [4.78, 5) is 22.8. The topological polar surface area (TPSA) is 58.2 Å². The molecule has 4 nitrogen and oxygen atoms in total. The first-order valence-corrected chi connectivity index (χ1v) is 5.92. The number of benzene rings is 1. The van der Waals surface area contributed by atoms with Crippen LogP contribution in [0.3, 0.4) is 0 Å². The van der Waals surface area contributed by atoms with Gasteiger partial charge in [0, 0.05) is 11.7 Å². The first-order chi connectivity index (χ1) is 8.20. The molecule has 1 aliphatic carbocycles. The summed E-state index contributed by atoms with van der Waals surface area (Å²) in [6, 6.07) is 6.12. The van der Waals surface area contributed by atoms with Crippen LogP contribution in [0.15, 0.2) is 18.2 Å². The summed E-state index contributed by atoms with van der Waals surface area (Å²) in [6.45, 7) is 0. The van der Waals surface area contributed by atoms with Crippen LogP contribution >= 0.6 is 0 Å². The van der Waals surface area contributed by atoms with E-state index in [4.69, 9.17) is 0 Å². The number of hydrogen-bond donors (Lipinski definition) is 2. The average Bonchev–Trinajstić information content (AvgIpc) is 2.98. The number of nitrogens with one attached hydrogen (secondary N) is 2. The molecule has 1 fully saturated rings. The van der Waals surface area contributed by atoms with Crippen molar-refractivity contribution in [2.24, 2.45) is 0 Å². The van der Waals surface area contributed by atoms with Crippen LogP contribution in [0.1, 0.15) is 24.0 Å². The van der Waals surface area contributed by atoms with Crippen LogP contribution in [0.5, 0.6) is 0 Å². The Morgan fingerprint density at radius 1 is 1.41 bits per heavy atom. The minimum absolute atomic E-state index is 0.0274. The molecule has 1 saturated carbocycles. The second-order valence-electron chi connectivity index (χ2n) is 4.74. The van der Waals surface area contributed by atoms with Crippen molar-refractivity contribution in [1.29, 1.82) is 0 Å². The molecule has 0 atom stereocenters. The van der Waals surface area contributed by atoms with Gasteiger partial charge in [0.05, 0.1) is 12.8 Å². The molecule has 2 aliphatic rings. The number of anilines is 1. The SMILES string of the molecule is O=C1Cc2cc(CC(=O)NC3CC3)ccc2N1. The van der Waals surface area contributed by atoms with Gasteiger partial charge in [0.2, 0.25) is 11.8 Å². The Morgan fingerprint density at radius 3 is 3.00 bits per heavy atom. The Hall–Kier alpha value is -1.84. The molecule has 1 heterocycles. The van der Waals surface area contributed by atoms with Crippen molar-refractivity contribution in [3.63, 3.8) is 0 Å². The van der Waals surface area contributed by atoms with Crippen molar-refractivity contribution < 1.29 is 9.59 Å². The molecule has 1 aliphatic heterocycles. The monoisotopic (exact) mass is 230 g/mol. The van der Waals surface area contributed by atoms with Crippen LogP contribution in [-0.2, 0) is 22.4 Å². The van der Waals surface area contributed by atoms with Gasteiger partial charge in [0.25, 0.3) is 0 Å². The Labute approximate surface area is 99.4 Å². The van der Waals surface area contributed by atoms with Gasteiger partial charge >= 0.3 is 0 Å². The standard InChI is InChI=1S/C13H14N2O2/c16-12(14-10-2-3-10)6-8-1-4-11-9(5-8)7-13(17)15-11/h1,4-5,10H,2-3,6-7H2,(H,14,16)(H,15,17). The van der Waals surface area contributed by atoms with E-state index in [-0.39, 0.29) is 11.8 Å². The van der Waals surface area contributed by atoms with Gasteiger partial charge in [0.15, 0.2) is 0 Å². The number of amides is 2. The Balaban J connectivity index is 1.69. The van der Waals surface area contributed by atoms with Crippen LogP contribution < -0.4 is 10.6 Å². The molecule has 0 saturated heterocycles. The van der Waals surface area contributed by atoms with Crippen LogP contribution in [-0.4, -0.2) is 17.9 Å². The summed E-state index contributed by atoms with van der Waals surface area (Å²) >= 11 is 0. The summed E-state index contributed by atoms with van der Waals surface area (Å²) in [5.74, 6) is 0.101. The van der Waals surface area contributed by atoms with Crippen molar-refractivity contribution >= 4 is 17.5 Å². The lowest BCUT2D eigenvalue weighted by molar-refractivity contribution is -0.120. The van der Waals surface area contributed by atoms with Crippen molar-refractivity contribution in [3.8, 4) is 0 Å². The third kappa shape index (κ3) is 2.30. The Kier molecular flexibility index (Phi) is 2.35. The van der Waals surface area contributed by atoms with Crippen molar-refractivity contribution in [1.82, 2.24) is 5.32 Å². The lowest BCUT2D eigenvalue weighted by atomic mass is 10.1. The van der Waals surface area contributed by atoms with Gasteiger partial charge in [-0.2, -0.15) is 0 Å². The highest BCUT2D eigenvalue weighted by molar-refractivity contribution is 5.99. The van der Waals surface area contributed by atoms with E-state index in [9.17, 15) is 9.59 Å². The zero-order chi connectivity index (χ0) is 11.8. The number of hydrogen-bond acceptors (Lipinski definition) is 2. The van der Waals surface area contributed by atoms with E-state index in [0.29, 0.717) is 18.9 Å². The fourth-order valence-corrected chi connectivity index (χ4v) is 2.08. The summed E-state index contributed by atoms with van der Waals surface area (Å²) in [5.41, 5.74) is 2.84. The predicted molar refractivity (Wildman–Crippen MR) is 63.6 cm³/mol. The van der Waals surface area contributed by atoms with E-state index in [1.807, 2.05) is 18.2 Å². The third-order valence-corrected chi connectivity index (χ3v) is 3.10. The maximum Gasteiger partial charge on any atom is 0.228 e. The molecule has 0 unspecified atom stereocenters. The molecule has 88 valence electrons. The zero-order valence-corrected chi connectivity index (χ0v) is 9.45. The first-order valence-electron chi connectivity index (χ1n) is 5.92. The van der Waals surface area contributed by atoms with Crippen LogP contribution in [0, 0.1) is 0 Å². The Morgan fingerprint density at radius 2 is 2.24 bits per heavy atom. The van der Waals surface area contributed by atoms with Crippen molar-refractivity contribution in [2.45, 2.75) is 31.7 Å². The highest BCUT2D eigenvalue weighted by Crippen LogP contribution is 2.24. The summed E-state index contributed by atoms with van der Waals surface area (Å²) < 4.78 is 0. The molecule has 0 radical (unpaired) electrons. The smallest absolute Gasteiger partial charge is 0.228 e. The third-order valence-electron chi connectivity index (χ3n) is 3.10.